The van der Waals surface area contributed by atoms with E-state index in [-0.39, 0.29) is 12.5 Å². The minimum absolute atomic E-state index is 0.122. The van der Waals surface area contributed by atoms with E-state index in [0.717, 1.165) is 5.56 Å². The first-order valence-corrected chi connectivity index (χ1v) is 8.23. The number of ether oxygens (including phenoxy) is 1. The molecule has 0 atom stereocenters. The third kappa shape index (κ3) is 5.63. The van der Waals surface area contributed by atoms with Crippen LogP contribution in [-0.2, 0) is 11.3 Å². The average Bonchev–Trinajstić information content (AvgIpc) is 2.67. The second kappa shape index (κ2) is 9.84. The molecule has 0 aliphatic carbocycles. The van der Waals surface area contributed by atoms with E-state index in [1.54, 1.807) is 41.3 Å². The van der Waals surface area contributed by atoms with Crippen LogP contribution in [0.15, 0.2) is 79.9 Å². The molecule has 0 saturated heterocycles. The second-order valence-corrected chi connectivity index (χ2v) is 5.55. The summed E-state index contributed by atoms with van der Waals surface area (Å²) >= 11 is 0. The van der Waals surface area contributed by atoms with Crippen molar-refractivity contribution in [1.82, 2.24) is 4.90 Å². The Labute approximate surface area is 153 Å². The minimum Gasteiger partial charge on any atom is -0.444 e. The number of amides is 2. The van der Waals surface area contributed by atoms with Crippen LogP contribution in [0.4, 0.5) is 10.5 Å². The molecule has 0 heterocycles. The van der Waals surface area contributed by atoms with Gasteiger partial charge in [-0.25, -0.2) is 4.79 Å². The minimum atomic E-state index is -0.548. The number of anilines is 1. The van der Waals surface area contributed by atoms with Crippen molar-refractivity contribution in [3.05, 3.63) is 91.0 Å². The van der Waals surface area contributed by atoms with Crippen LogP contribution in [0.5, 0.6) is 0 Å². The highest BCUT2D eigenvalue weighted by Crippen LogP contribution is 2.13. The summed E-state index contributed by atoms with van der Waals surface area (Å²) < 4.78 is 5.16. The molecule has 0 spiro atoms. The van der Waals surface area contributed by atoms with Crippen LogP contribution in [-0.4, -0.2) is 30.0 Å². The Morgan fingerprint density at radius 3 is 2.15 bits per heavy atom. The fourth-order valence-electron chi connectivity index (χ4n) is 2.31. The summed E-state index contributed by atoms with van der Waals surface area (Å²) in [5, 5.41) is 2.64. The Hall–Kier alpha value is -3.34. The van der Waals surface area contributed by atoms with Gasteiger partial charge in [-0.3, -0.25) is 10.1 Å². The summed E-state index contributed by atoms with van der Waals surface area (Å²) in [5.74, 6) is -0.122. The van der Waals surface area contributed by atoms with Gasteiger partial charge >= 0.3 is 6.09 Å². The maximum atomic E-state index is 12.4. The van der Waals surface area contributed by atoms with Gasteiger partial charge < -0.3 is 9.64 Å². The zero-order chi connectivity index (χ0) is 18.8. The highest BCUT2D eigenvalue weighted by molar-refractivity contribution is 5.95. The van der Waals surface area contributed by atoms with Gasteiger partial charge in [0.15, 0.2) is 0 Å². The lowest BCUT2D eigenvalue weighted by Crippen LogP contribution is -2.31. The van der Waals surface area contributed by atoms with Gasteiger partial charge in [0.25, 0.3) is 5.91 Å². The number of hydrogen-bond donors (Lipinski definition) is 1. The zero-order valence-corrected chi connectivity index (χ0v) is 14.6. The van der Waals surface area contributed by atoms with Crippen LogP contribution in [0, 0.1) is 0 Å². The molecule has 0 bridgehead atoms. The van der Waals surface area contributed by atoms with E-state index in [0.29, 0.717) is 24.3 Å². The van der Waals surface area contributed by atoms with Gasteiger partial charge in [0.1, 0.15) is 6.61 Å². The molecule has 5 nitrogen and oxygen atoms in total. The molecule has 2 aromatic rings. The number of benzene rings is 2. The van der Waals surface area contributed by atoms with Crippen LogP contribution in [0.2, 0.25) is 0 Å². The lowest BCUT2D eigenvalue weighted by molar-refractivity contribution is 0.0791. The van der Waals surface area contributed by atoms with Gasteiger partial charge in [-0.05, 0) is 29.8 Å². The Morgan fingerprint density at radius 1 is 0.962 bits per heavy atom. The molecule has 5 heteroatoms. The van der Waals surface area contributed by atoms with Crippen molar-refractivity contribution in [2.45, 2.75) is 6.61 Å². The molecule has 26 heavy (non-hydrogen) atoms. The number of nitrogens with zero attached hydrogens (tertiary/aromatic N) is 1. The van der Waals surface area contributed by atoms with E-state index in [4.69, 9.17) is 4.74 Å². The van der Waals surface area contributed by atoms with Crippen LogP contribution >= 0.6 is 0 Å². The lowest BCUT2D eigenvalue weighted by atomic mass is 10.1. The molecule has 0 aromatic heterocycles. The quantitative estimate of drug-likeness (QED) is 0.724. The summed E-state index contributed by atoms with van der Waals surface area (Å²) in [6.45, 7) is 8.39. The summed E-state index contributed by atoms with van der Waals surface area (Å²) in [7, 11) is 0. The summed E-state index contributed by atoms with van der Waals surface area (Å²) in [6.07, 6.45) is 2.79. The summed E-state index contributed by atoms with van der Waals surface area (Å²) in [4.78, 5) is 25.9. The van der Waals surface area contributed by atoms with E-state index >= 15 is 0 Å². The average molecular weight is 350 g/mol. The molecule has 0 fully saturated rings. The highest BCUT2D eigenvalue weighted by Gasteiger charge is 2.13. The number of carbonyl (C=O) groups is 2. The molecule has 0 aliphatic rings. The molecule has 2 aromatic carbocycles. The molecule has 0 aliphatic heterocycles. The highest BCUT2D eigenvalue weighted by atomic mass is 16.5. The molecule has 2 amide bonds. The van der Waals surface area contributed by atoms with Gasteiger partial charge in [-0.2, -0.15) is 0 Å². The van der Waals surface area contributed by atoms with Crippen LogP contribution in [0.1, 0.15) is 15.9 Å². The maximum absolute atomic E-state index is 12.4. The number of nitrogens with one attached hydrogen (secondary N) is 1. The SMILES string of the molecule is C=CCN(CC=C)C(=O)c1ccc(NC(=O)OCc2ccccc2)cc1. The third-order valence-electron chi connectivity index (χ3n) is 3.58. The number of rotatable bonds is 8. The molecular formula is C21H22N2O3. The van der Waals surface area contributed by atoms with Crippen molar-refractivity contribution in [2.24, 2.45) is 0 Å². The molecule has 1 N–H and O–H groups in total. The van der Waals surface area contributed by atoms with E-state index in [2.05, 4.69) is 18.5 Å². The first kappa shape index (κ1) is 19.0. The molecule has 0 unspecified atom stereocenters. The van der Waals surface area contributed by atoms with Crippen molar-refractivity contribution in [3.8, 4) is 0 Å². The molecule has 134 valence electrons. The van der Waals surface area contributed by atoms with Gasteiger partial charge in [-0.1, -0.05) is 42.5 Å². The lowest BCUT2D eigenvalue weighted by Gasteiger charge is -2.19. The van der Waals surface area contributed by atoms with Gasteiger partial charge in [-0.15, -0.1) is 13.2 Å². The second-order valence-electron chi connectivity index (χ2n) is 5.55. The van der Waals surface area contributed by atoms with Crippen molar-refractivity contribution in [3.63, 3.8) is 0 Å². The topological polar surface area (TPSA) is 58.6 Å². The van der Waals surface area contributed by atoms with E-state index < -0.39 is 6.09 Å². The fourth-order valence-corrected chi connectivity index (χ4v) is 2.31. The molecular weight excluding hydrogens is 328 g/mol. The Morgan fingerprint density at radius 2 is 1.58 bits per heavy atom. The van der Waals surface area contributed by atoms with Crippen molar-refractivity contribution in [1.29, 1.82) is 0 Å². The number of carbonyl (C=O) groups excluding carboxylic acids is 2. The Balaban J connectivity index is 1.91. The maximum Gasteiger partial charge on any atom is 0.411 e. The summed E-state index contributed by atoms with van der Waals surface area (Å²) in [5.41, 5.74) is 1.99. The van der Waals surface area contributed by atoms with E-state index in [1.807, 2.05) is 30.3 Å². The predicted octanol–water partition coefficient (Wildman–Crippen LogP) is 4.25. The van der Waals surface area contributed by atoms with Crippen LogP contribution in [0.3, 0.4) is 0 Å². The smallest absolute Gasteiger partial charge is 0.411 e. The Bertz CT molecular complexity index is 745. The fraction of sp³-hybridized carbons (Fsp3) is 0.143. The van der Waals surface area contributed by atoms with Crippen molar-refractivity contribution < 1.29 is 14.3 Å². The molecule has 0 radical (unpaired) electrons. The van der Waals surface area contributed by atoms with Gasteiger partial charge in [0, 0.05) is 24.3 Å². The first-order valence-electron chi connectivity index (χ1n) is 8.23. The summed E-state index contributed by atoms with van der Waals surface area (Å²) in [6, 6.07) is 16.1. The zero-order valence-electron chi connectivity index (χ0n) is 14.6. The third-order valence-corrected chi connectivity index (χ3v) is 3.58. The molecule has 0 saturated carbocycles. The normalized spacial score (nSPS) is 9.85. The van der Waals surface area contributed by atoms with Crippen molar-refractivity contribution >= 4 is 17.7 Å². The van der Waals surface area contributed by atoms with Crippen LogP contribution in [0.25, 0.3) is 0 Å². The molecule has 2 rings (SSSR count). The van der Waals surface area contributed by atoms with E-state index in [1.165, 1.54) is 0 Å². The van der Waals surface area contributed by atoms with Crippen molar-refractivity contribution in [2.75, 3.05) is 18.4 Å². The van der Waals surface area contributed by atoms with Gasteiger partial charge in [0.2, 0.25) is 0 Å². The monoisotopic (exact) mass is 350 g/mol. The first-order chi connectivity index (χ1) is 12.6. The van der Waals surface area contributed by atoms with Gasteiger partial charge in [0.05, 0.1) is 0 Å². The predicted molar refractivity (Wildman–Crippen MR) is 103 cm³/mol. The standard InChI is InChI=1S/C21H22N2O3/c1-3-14-23(15-4-2)20(24)18-10-12-19(13-11-18)22-21(25)26-16-17-8-6-5-7-9-17/h3-13H,1-2,14-16H2,(H,22,25). The van der Waals surface area contributed by atoms with E-state index in [9.17, 15) is 9.59 Å². The Kier molecular flexibility index (Phi) is 7.18. The number of hydrogen-bond acceptors (Lipinski definition) is 3. The van der Waals surface area contributed by atoms with Crippen LogP contribution < -0.4 is 5.32 Å². The largest absolute Gasteiger partial charge is 0.444 e.